The molecule has 0 unspecified atom stereocenters. The zero-order valence-corrected chi connectivity index (χ0v) is 11.6. The van der Waals surface area contributed by atoms with Gasteiger partial charge in [-0.2, -0.15) is 0 Å². The smallest absolute Gasteiger partial charge is 0.168 e. The Morgan fingerprint density at radius 2 is 1.73 bits per heavy atom. The summed E-state index contributed by atoms with van der Waals surface area (Å²) in [6.07, 6.45) is 0. The van der Waals surface area contributed by atoms with Crippen molar-refractivity contribution in [2.45, 2.75) is 39.8 Å². The van der Waals surface area contributed by atoms with Crippen LogP contribution in [-0.2, 0) is 0 Å². The van der Waals surface area contributed by atoms with Crippen molar-refractivity contribution in [3.8, 4) is 0 Å². The van der Waals surface area contributed by atoms with E-state index in [0.717, 1.165) is 0 Å². The fraction of sp³-hybridized carbons (Fsp3) is 0.538. The maximum absolute atomic E-state index is 2.52. The molecular weight excluding hydrogens is 198 g/mol. The standard InChI is InChI=1S/C13H22NSi/c1-6-15(7-2)14(5)13-10-11(3)8-9-12(13)4/h8-10H,6-7H2,1-5H3. The van der Waals surface area contributed by atoms with Crippen LogP contribution in [0.4, 0.5) is 5.69 Å². The van der Waals surface area contributed by atoms with Crippen LogP contribution in [0, 0.1) is 13.8 Å². The van der Waals surface area contributed by atoms with Crippen LogP contribution in [0.2, 0.25) is 12.1 Å². The Morgan fingerprint density at radius 1 is 1.13 bits per heavy atom. The fourth-order valence-corrected chi connectivity index (χ4v) is 4.01. The number of rotatable bonds is 4. The van der Waals surface area contributed by atoms with Crippen molar-refractivity contribution in [2.24, 2.45) is 0 Å². The molecule has 0 fully saturated rings. The van der Waals surface area contributed by atoms with Crippen molar-refractivity contribution in [3.05, 3.63) is 29.3 Å². The van der Waals surface area contributed by atoms with Gasteiger partial charge in [-0.15, -0.1) is 0 Å². The second kappa shape index (κ2) is 5.36. The van der Waals surface area contributed by atoms with Gasteiger partial charge in [0.1, 0.15) is 0 Å². The minimum atomic E-state index is -0.359. The summed E-state index contributed by atoms with van der Waals surface area (Å²) in [6, 6.07) is 9.35. The Morgan fingerprint density at radius 3 is 2.27 bits per heavy atom. The molecule has 15 heavy (non-hydrogen) atoms. The molecule has 0 amide bonds. The largest absolute Gasteiger partial charge is 0.400 e. The number of nitrogens with zero attached hydrogens (tertiary/aromatic N) is 1. The summed E-state index contributed by atoms with van der Waals surface area (Å²) in [5.41, 5.74) is 4.18. The van der Waals surface area contributed by atoms with Crippen molar-refractivity contribution >= 4 is 14.6 Å². The van der Waals surface area contributed by atoms with Crippen LogP contribution < -0.4 is 4.57 Å². The molecule has 0 saturated heterocycles. The second-order valence-corrected chi connectivity index (χ2v) is 7.34. The average molecular weight is 220 g/mol. The molecular formula is C13H22NSi. The third kappa shape index (κ3) is 2.85. The highest BCUT2D eigenvalue weighted by Crippen LogP contribution is 2.22. The fourth-order valence-electron chi connectivity index (χ4n) is 1.98. The minimum absolute atomic E-state index is 0.359. The summed E-state index contributed by atoms with van der Waals surface area (Å²) < 4.78 is 2.52. The number of anilines is 1. The Kier molecular flexibility index (Phi) is 4.39. The average Bonchev–Trinajstić information content (AvgIpc) is 2.23. The summed E-state index contributed by atoms with van der Waals surface area (Å²) in [4.78, 5) is 0. The van der Waals surface area contributed by atoms with E-state index in [1.54, 1.807) is 0 Å². The predicted molar refractivity (Wildman–Crippen MR) is 71.0 cm³/mol. The molecule has 83 valence electrons. The molecule has 0 heterocycles. The van der Waals surface area contributed by atoms with Crippen LogP contribution in [0.1, 0.15) is 25.0 Å². The first-order valence-electron chi connectivity index (χ1n) is 5.75. The van der Waals surface area contributed by atoms with Gasteiger partial charge in [-0.3, -0.25) is 0 Å². The summed E-state index contributed by atoms with van der Waals surface area (Å²) >= 11 is 0. The number of aryl methyl sites for hydroxylation is 2. The van der Waals surface area contributed by atoms with Gasteiger partial charge in [0.15, 0.2) is 8.96 Å². The van der Waals surface area contributed by atoms with E-state index in [2.05, 4.69) is 57.5 Å². The van der Waals surface area contributed by atoms with E-state index >= 15 is 0 Å². The molecule has 2 heteroatoms. The van der Waals surface area contributed by atoms with Crippen molar-refractivity contribution < 1.29 is 0 Å². The van der Waals surface area contributed by atoms with Gasteiger partial charge in [-0.25, -0.2) is 0 Å². The maximum atomic E-state index is 2.52. The van der Waals surface area contributed by atoms with Gasteiger partial charge < -0.3 is 4.57 Å². The molecule has 1 rings (SSSR count). The quantitative estimate of drug-likeness (QED) is 0.698. The molecule has 0 aliphatic carbocycles. The van der Waals surface area contributed by atoms with Crippen molar-refractivity contribution in [3.63, 3.8) is 0 Å². The molecule has 1 aromatic carbocycles. The van der Waals surface area contributed by atoms with Gasteiger partial charge in [0.05, 0.1) is 0 Å². The molecule has 0 aliphatic heterocycles. The highest BCUT2D eigenvalue weighted by molar-refractivity contribution is 6.62. The third-order valence-corrected chi connectivity index (χ3v) is 5.84. The first-order chi connectivity index (χ1) is 7.10. The molecule has 0 aliphatic rings. The summed E-state index contributed by atoms with van der Waals surface area (Å²) in [6.45, 7) is 8.98. The summed E-state index contributed by atoms with van der Waals surface area (Å²) in [5, 5.41) is 0. The normalized spacial score (nSPS) is 10.8. The monoisotopic (exact) mass is 220 g/mol. The van der Waals surface area contributed by atoms with Crippen molar-refractivity contribution in [1.82, 2.24) is 0 Å². The number of benzene rings is 1. The van der Waals surface area contributed by atoms with Crippen LogP contribution >= 0.6 is 0 Å². The molecule has 1 radical (unpaired) electrons. The molecule has 1 aromatic rings. The first-order valence-corrected chi connectivity index (χ1v) is 7.62. The highest BCUT2D eigenvalue weighted by Gasteiger charge is 2.15. The van der Waals surface area contributed by atoms with Gasteiger partial charge in [-0.05, 0) is 50.2 Å². The lowest BCUT2D eigenvalue weighted by atomic mass is 10.1. The van der Waals surface area contributed by atoms with Crippen molar-refractivity contribution in [1.29, 1.82) is 0 Å². The maximum Gasteiger partial charge on any atom is 0.168 e. The molecule has 0 spiro atoms. The van der Waals surface area contributed by atoms with E-state index in [1.165, 1.54) is 28.9 Å². The zero-order valence-electron chi connectivity index (χ0n) is 10.6. The second-order valence-electron chi connectivity index (χ2n) is 4.12. The third-order valence-electron chi connectivity index (χ3n) is 3.02. The van der Waals surface area contributed by atoms with Gasteiger partial charge in [0.25, 0.3) is 0 Å². The van der Waals surface area contributed by atoms with Crippen LogP contribution in [-0.4, -0.2) is 16.0 Å². The predicted octanol–water partition coefficient (Wildman–Crippen LogP) is 3.77. The lowest BCUT2D eigenvalue weighted by molar-refractivity contribution is 1.17. The minimum Gasteiger partial charge on any atom is -0.400 e. The van der Waals surface area contributed by atoms with Crippen molar-refractivity contribution in [2.75, 3.05) is 11.6 Å². The number of hydrogen-bond donors (Lipinski definition) is 0. The van der Waals surface area contributed by atoms with E-state index in [9.17, 15) is 0 Å². The molecule has 0 N–H and O–H groups in total. The Hall–Kier alpha value is -0.763. The van der Waals surface area contributed by atoms with Crippen LogP contribution in [0.15, 0.2) is 18.2 Å². The molecule has 0 bridgehead atoms. The van der Waals surface area contributed by atoms with E-state index < -0.39 is 0 Å². The Balaban J connectivity index is 2.98. The van der Waals surface area contributed by atoms with Crippen LogP contribution in [0.25, 0.3) is 0 Å². The SMILES string of the molecule is CC[Si](CC)N(C)c1cc(C)ccc1C. The van der Waals surface area contributed by atoms with E-state index in [-0.39, 0.29) is 8.96 Å². The van der Waals surface area contributed by atoms with Crippen LogP contribution in [0.3, 0.4) is 0 Å². The molecule has 0 atom stereocenters. The van der Waals surface area contributed by atoms with Gasteiger partial charge in [0.2, 0.25) is 0 Å². The molecule has 1 nitrogen and oxygen atoms in total. The van der Waals surface area contributed by atoms with E-state index in [4.69, 9.17) is 0 Å². The first kappa shape index (κ1) is 12.3. The number of hydrogen-bond acceptors (Lipinski definition) is 1. The van der Waals surface area contributed by atoms with Crippen LogP contribution in [0.5, 0.6) is 0 Å². The van der Waals surface area contributed by atoms with Gasteiger partial charge >= 0.3 is 0 Å². The molecule has 0 aromatic heterocycles. The van der Waals surface area contributed by atoms with E-state index in [1.807, 2.05) is 0 Å². The lowest BCUT2D eigenvalue weighted by Crippen LogP contribution is -2.35. The van der Waals surface area contributed by atoms with Gasteiger partial charge in [0, 0.05) is 5.69 Å². The van der Waals surface area contributed by atoms with Gasteiger partial charge in [-0.1, -0.05) is 26.0 Å². The summed E-state index contributed by atoms with van der Waals surface area (Å²) in [5.74, 6) is 0. The topological polar surface area (TPSA) is 3.24 Å². The lowest BCUT2D eigenvalue weighted by Gasteiger charge is -2.28. The van der Waals surface area contributed by atoms with E-state index in [0.29, 0.717) is 0 Å². The summed E-state index contributed by atoms with van der Waals surface area (Å²) in [7, 11) is 1.89. The Labute approximate surface area is 95.8 Å². The Bertz CT molecular complexity index is 318. The highest BCUT2D eigenvalue weighted by atomic mass is 28.3. The zero-order chi connectivity index (χ0) is 11.4. The molecule has 0 saturated carbocycles.